The van der Waals surface area contributed by atoms with Crippen LogP contribution in [-0.4, -0.2) is 17.1 Å². The van der Waals surface area contributed by atoms with Crippen molar-refractivity contribution in [3.63, 3.8) is 0 Å². The Morgan fingerprint density at radius 1 is 1.21 bits per heavy atom. The van der Waals surface area contributed by atoms with E-state index in [9.17, 15) is 9.90 Å². The summed E-state index contributed by atoms with van der Waals surface area (Å²) in [5.41, 5.74) is 5.58. The molecule has 78 valence electrons. The lowest BCUT2D eigenvalue weighted by Crippen LogP contribution is -2.62. The summed E-state index contributed by atoms with van der Waals surface area (Å²) < 4.78 is 0. The first kappa shape index (κ1) is 8.72. The highest BCUT2D eigenvalue weighted by Gasteiger charge is 2.59. The van der Waals surface area contributed by atoms with Crippen molar-refractivity contribution in [2.75, 3.05) is 0 Å². The molecule has 0 aliphatic heterocycles. The molecule has 5 atom stereocenters. The molecule has 4 aliphatic carbocycles. The number of hydrogen-bond donors (Lipinski definition) is 2. The van der Waals surface area contributed by atoms with Crippen molar-refractivity contribution in [3.05, 3.63) is 0 Å². The second-order valence-corrected chi connectivity index (χ2v) is 5.59. The lowest BCUT2D eigenvalue weighted by Gasteiger charge is -2.58. The summed E-state index contributed by atoms with van der Waals surface area (Å²) >= 11 is 0. The van der Waals surface area contributed by atoms with Crippen LogP contribution in [0.2, 0.25) is 0 Å². The number of hydrogen-bond acceptors (Lipinski definition) is 2. The van der Waals surface area contributed by atoms with Crippen LogP contribution in [0.5, 0.6) is 0 Å². The van der Waals surface area contributed by atoms with Gasteiger partial charge in [-0.2, -0.15) is 0 Å². The molecule has 0 saturated heterocycles. The Morgan fingerprint density at radius 2 is 1.79 bits per heavy atom. The van der Waals surface area contributed by atoms with E-state index in [0.29, 0.717) is 17.8 Å². The summed E-state index contributed by atoms with van der Waals surface area (Å²) in [6.07, 6.45) is 5.32. The fraction of sp³-hybridized carbons (Fsp3) is 0.909. The summed E-state index contributed by atoms with van der Waals surface area (Å²) in [6.45, 7) is 0. The third kappa shape index (κ3) is 0.888. The van der Waals surface area contributed by atoms with Gasteiger partial charge in [0.25, 0.3) is 0 Å². The van der Waals surface area contributed by atoms with Crippen LogP contribution in [0.4, 0.5) is 0 Å². The highest BCUT2D eigenvalue weighted by atomic mass is 16.4. The molecule has 4 fully saturated rings. The third-order valence-electron chi connectivity index (χ3n) is 4.82. The van der Waals surface area contributed by atoms with E-state index in [0.717, 1.165) is 12.8 Å². The normalized spacial score (nSPS) is 54.9. The molecule has 0 aromatic rings. The van der Waals surface area contributed by atoms with Crippen LogP contribution >= 0.6 is 0 Å². The summed E-state index contributed by atoms with van der Waals surface area (Å²) in [7, 11) is 0. The van der Waals surface area contributed by atoms with Gasteiger partial charge in [0.15, 0.2) is 0 Å². The molecule has 0 spiro atoms. The first-order valence-corrected chi connectivity index (χ1v) is 5.61. The molecular formula is C11H17NO2. The summed E-state index contributed by atoms with van der Waals surface area (Å²) in [5.74, 6) is 1.17. The summed E-state index contributed by atoms with van der Waals surface area (Å²) in [4.78, 5) is 11.4. The summed E-state index contributed by atoms with van der Waals surface area (Å²) in [5, 5.41) is 9.37. The highest BCUT2D eigenvalue weighted by molar-refractivity contribution is 5.76. The Hall–Kier alpha value is -0.570. The Morgan fingerprint density at radius 3 is 2.29 bits per heavy atom. The molecule has 0 heterocycles. The molecular weight excluding hydrogens is 178 g/mol. The maximum absolute atomic E-state index is 11.4. The van der Waals surface area contributed by atoms with E-state index >= 15 is 0 Å². The number of carbonyl (C=O) groups is 1. The van der Waals surface area contributed by atoms with Crippen molar-refractivity contribution in [1.29, 1.82) is 0 Å². The number of carboxylic acid groups (broad SMARTS) is 1. The molecule has 0 amide bonds. The fourth-order valence-electron chi connectivity index (χ4n) is 4.40. The van der Waals surface area contributed by atoms with Gasteiger partial charge in [-0.05, 0) is 49.9 Å². The molecule has 3 unspecified atom stereocenters. The van der Waals surface area contributed by atoms with Crippen molar-refractivity contribution in [1.82, 2.24) is 0 Å². The molecule has 4 aliphatic rings. The van der Waals surface area contributed by atoms with Gasteiger partial charge in [0.1, 0.15) is 0 Å². The quantitative estimate of drug-likeness (QED) is 0.661. The smallest absolute Gasteiger partial charge is 0.311 e. The minimum atomic E-state index is -0.635. The zero-order valence-corrected chi connectivity index (χ0v) is 8.28. The number of rotatable bonds is 1. The van der Waals surface area contributed by atoms with Gasteiger partial charge in [-0.15, -0.1) is 0 Å². The molecule has 4 rings (SSSR count). The van der Waals surface area contributed by atoms with Crippen LogP contribution in [0.25, 0.3) is 0 Å². The molecule has 4 saturated carbocycles. The minimum Gasteiger partial charge on any atom is -0.481 e. The lowest BCUT2D eigenvalue weighted by atomic mass is 9.47. The molecule has 3 N–H and O–H groups in total. The van der Waals surface area contributed by atoms with Crippen molar-refractivity contribution >= 4 is 5.97 Å². The van der Waals surface area contributed by atoms with Crippen LogP contribution in [0.1, 0.15) is 32.1 Å². The highest BCUT2D eigenvalue weighted by Crippen LogP contribution is 2.59. The second kappa shape index (κ2) is 2.51. The van der Waals surface area contributed by atoms with E-state index in [4.69, 9.17) is 5.73 Å². The predicted octanol–water partition coefficient (Wildman–Crippen LogP) is 1.22. The van der Waals surface area contributed by atoms with Gasteiger partial charge < -0.3 is 10.8 Å². The average Bonchev–Trinajstić information content (AvgIpc) is 2.12. The Balaban J connectivity index is 2.01. The standard InChI is InChI=1S/C11H17NO2/c12-9-8-2-6-1-7(3-8)5-11(9,4-6)10(13)14/h6-9H,1-5,12H2,(H,13,14)/t6-,7+,8?,9?,11?. The van der Waals surface area contributed by atoms with E-state index in [1.807, 2.05) is 0 Å². The van der Waals surface area contributed by atoms with Crippen LogP contribution in [0.3, 0.4) is 0 Å². The summed E-state index contributed by atoms with van der Waals surface area (Å²) in [6, 6.07) is -0.0761. The Kier molecular flexibility index (Phi) is 1.56. The van der Waals surface area contributed by atoms with Gasteiger partial charge in [0, 0.05) is 6.04 Å². The largest absolute Gasteiger partial charge is 0.481 e. The maximum Gasteiger partial charge on any atom is 0.311 e. The van der Waals surface area contributed by atoms with Gasteiger partial charge in [0.2, 0.25) is 0 Å². The van der Waals surface area contributed by atoms with Gasteiger partial charge in [-0.3, -0.25) is 4.79 Å². The van der Waals surface area contributed by atoms with E-state index in [2.05, 4.69) is 0 Å². The van der Waals surface area contributed by atoms with Gasteiger partial charge in [-0.25, -0.2) is 0 Å². The number of nitrogens with two attached hydrogens (primary N) is 1. The first-order chi connectivity index (χ1) is 6.62. The Labute approximate surface area is 83.7 Å². The van der Waals surface area contributed by atoms with Gasteiger partial charge in [0.05, 0.1) is 5.41 Å². The molecule has 0 radical (unpaired) electrons. The SMILES string of the molecule is NC1C2C[C@@H]3C[C@H](C2)CC1(C(=O)O)C3. The van der Waals surface area contributed by atoms with Gasteiger partial charge >= 0.3 is 5.97 Å². The molecule has 14 heavy (non-hydrogen) atoms. The fourth-order valence-corrected chi connectivity index (χ4v) is 4.40. The van der Waals surface area contributed by atoms with Gasteiger partial charge in [-0.1, -0.05) is 0 Å². The van der Waals surface area contributed by atoms with Crippen molar-refractivity contribution < 1.29 is 9.90 Å². The maximum atomic E-state index is 11.4. The topological polar surface area (TPSA) is 63.3 Å². The number of carboxylic acids is 1. The molecule has 0 aromatic carbocycles. The van der Waals surface area contributed by atoms with Crippen LogP contribution in [-0.2, 0) is 4.79 Å². The average molecular weight is 195 g/mol. The molecule has 4 bridgehead atoms. The predicted molar refractivity (Wildman–Crippen MR) is 51.6 cm³/mol. The molecule has 0 aromatic heterocycles. The van der Waals surface area contributed by atoms with E-state index in [-0.39, 0.29) is 6.04 Å². The molecule has 3 nitrogen and oxygen atoms in total. The van der Waals surface area contributed by atoms with Crippen LogP contribution in [0.15, 0.2) is 0 Å². The zero-order chi connectivity index (χ0) is 9.92. The zero-order valence-electron chi connectivity index (χ0n) is 8.28. The minimum absolute atomic E-state index is 0.0761. The number of aliphatic carboxylic acids is 1. The van der Waals surface area contributed by atoms with Crippen molar-refractivity contribution in [2.24, 2.45) is 28.9 Å². The van der Waals surface area contributed by atoms with E-state index < -0.39 is 11.4 Å². The van der Waals surface area contributed by atoms with E-state index in [1.54, 1.807) is 0 Å². The van der Waals surface area contributed by atoms with E-state index in [1.165, 1.54) is 19.3 Å². The third-order valence-corrected chi connectivity index (χ3v) is 4.82. The van der Waals surface area contributed by atoms with Crippen molar-refractivity contribution in [3.8, 4) is 0 Å². The van der Waals surface area contributed by atoms with Crippen LogP contribution in [0, 0.1) is 23.2 Å². The monoisotopic (exact) mass is 195 g/mol. The van der Waals surface area contributed by atoms with Crippen LogP contribution < -0.4 is 5.73 Å². The molecule has 3 heteroatoms. The first-order valence-electron chi connectivity index (χ1n) is 5.61. The second-order valence-electron chi connectivity index (χ2n) is 5.59. The lowest BCUT2D eigenvalue weighted by molar-refractivity contribution is -0.168. The Bertz CT molecular complexity index is 275. The van der Waals surface area contributed by atoms with Crippen molar-refractivity contribution in [2.45, 2.75) is 38.1 Å².